The number of imide groups is 1. The summed E-state index contributed by atoms with van der Waals surface area (Å²) in [4.78, 5) is 39.6. The molecule has 2 unspecified atom stereocenters. The SMILES string of the molecule is O=C1CCC(N2Cc3cc(OC4CC[C@@H]5CCN[C@H]45)ccc3C2=O)C(=O)N1CO. The summed E-state index contributed by atoms with van der Waals surface area (Å²) in [5.74, 6) is 0.325. The minimum absolute atomic E-state index is 0.142. The molecule has 1 aromatic rings. The molecule has 4 atom stereocenters. The number of rotatable bonds is 4. The van der Waals surface area contributed by atoms with Gasteiger partial charge in [-0.15, -0.1) is 0 Å². The Hall–Kier alpha value is -2.45. The van der Waals surface area contributed by atoms with Crippen LogP contribution in [0.4, 0.5) is 0 Å². The number of carbonyl (C=O) groups excluding carboxylic acids is 3. The summed E-state index contributed by atoms with van der Waals surface area (Å²) in [6.45, 7) is 0.703. The van der Waals surface area contributed by atoms with Crippen LogP contribution in [0.1, 0.15) is 48.0 Å². The van der Waals surface area contributed by atoms with Crippen molar-refractivity contribution in [3.05, 3.63) is 29.3 Å². The van der Waals surface area contributed by atoms with Crippen molar-refractivity contribution in [2.75, 3.05) is 13.3 Å². The fraction of sp³-hybridized carbons (Fsp3) is 0.571. The highest BCUT2D eigenvalue weighted by molar-refractivity contribution is 6.05. The smallest absolute Gasteiger partial charge is 0.255 e. The van der Waals surface area contributed by atoms with Gasteiger partial charge in [-0.05, 0) is 61.9 Å². The van der Waals surface area contributed by atoms with Crippen LogP contribution in [-0.4, -0.2) is 64.1 Å². The Kier molecular flexibility index (Phi) is 4.55. The highest BCUT2D eigenvalue weighted by Gasteiger charge is 2.43. The first kappa shape index (κ1) is 18.6. The van der Waals surface area contributed by atoms with Crippen LogP contribution < -0.4 is 10.1 Å². The van der Waals surface area contributed by atoms with Gasteiger partial charge in [0.25, 0.3) is 11.8 Å². The van der Waals surface area contributed by atoms with E-state index in [1.165, 1.54) is 17.7 Å². The van der Waals surface area contributed by atoms with Crippen molar-refractivity contribution in [1.29, 1.82) is 0 Å². The molecule has 3 amide bonds. The Bertz CT molecular complexity index is 872. The van der Waals surface area contributed by atoms with E-state index < -0.39 is 24.6 Å². The van der Waals surface area contributed by atoms with Gasteiger partial charge in [-0.3, -0.25) is 19.3 Å². The molecule has 29 heavy (non-hydrogen) atoms. The van der Waals surface area contributed by atoms with Crippen LogP contribution in [0, 0.1) is 5.92 Å². The number of nitrogens with one attached hydrogen (secondary N) is 1. The molecule has 0 bridgehead atoms. The van der Waals surface area contributed by atoms with Crippen molar-refractivity contribution < 1.29 is 24.2 Å². The van der Waals surface area contributed by atoms with Gasteiger partial charge < -0.3 is 20.1 Å². The zero-order valence-electron chi connectivity index (χ0n) is 16.2. The molecular formula is C21H25N3O5. The third kappa shape index (κ3) is 3.02. The van der Waals surface area contributed by atoms with Crippen LogP contribution in [0.3, 0.4) is 0 Å². The molecule has 3 heterocycles. The Morgan fingerprint density at radius 2 is 2.00 bits per heavy atom. The number of benzene rings is 1. The number of piperidine rings is 1. The van der Waals surface area contributed by atoms with E-state index in [1.54, 1.807) is 6.07 Å². The van der Waals surface area contributed by atoms with E-state index in [0.29, 0.717) is 24.1 Å². The van der Waals surface area contributed by atoms with Gasteiger partial charge in [-0.2, -0.15) is 0 Å². The first-order valence-corrected chi connectivity index (χ1v) is 10.4. The number of nitrogens with zero attached hydrogens (tertiary/aromatic N) is 2. The minimum atomic E-state index is -0.720. The lowest BCUT2D eigenvalue weighted by Gasteiger charge is -2.34. The van der Waals surface area contributed by atoms with Crippen LogP contribution in [0.25, 0.3) is 0 Å². The molecule has 1 aromatic carbocycles. The number of hydrogen-bond acceptors (Lipinski definition) is 6. The van der Waals surface area contributed by atoms with Gasteiger partial charge in [0.1, 0.15) is 24.6 Å². The Balaban J connectivity index is 1.32. The summed E-state index contributed by atoms with van der Waals surface area (Å²) in [6, 6.07) is 5.18. The third-order valence-corrected chi connectivity index (χ3v) is 6.82. The fourth-order valence-corrected chi connectivity index (χ4v) is 5.31. The van der Waals surface area contributed by atoms with Crippen LogP contribution in [0.15, 0.2) is 18.2 Å². The summed E-state index contributed by atoms with van der Waals surface area (Å²) in [5, 5.41) is 12.9. The molecule has 2 N–H and O–H groups in total. The quantitative estimate of drug-likeness (QED) is 0.721. The summed E-state index contributed by atoms with van der Waals surface area (Å²) in [5.41, 5.74) is 1.41. The maximum absolute atomic E-state index is 12.9. The molecule has 1 aliphatic carbocycles. The van der Waals surface area contributed by atoms with Gasteiger partial charge in [0, 0.05) is 24.6 Å². The van der Waals surface area contributed by atoms with Crippen molar-refractivity contribution >= 4 is 17.7 Å². The zero-order chi connectivity index (χ0) is 20.1. The molecule has 1 saturated carbocycles. The van der Waals surface area contributed by atoms with Gasteiger partial charge in [0.15, 0.2) is 0 Å². The fourth-order valence-electron chi connectivity index (χ4n) is 5.31. The number of aliphatic hydroxyl groups excluding tert-OH is 1. The number of aliphatic hydroxyl groups is 1. The van der Waals surface area contributed by atoms with Crippen LogP contribution in [0.5, 0.6) is 5.75 Å². The van der Waals surface area contributed by atoms with Crippen molar-refractivity contribution in [3.8, 4) is 5.75 Å². The molecule has 5 rings (SSSR count). The Morgan fingerprint density at radius 1 is 1.14 bits per heavy atom. The average molecular weight is 399 g/mol. The number of carbonyl (C=O) groups is 3. The lowest BCUT2D eigenvalue weighted by atomic mass is 10.0. The normalized spacial score (nSPS) is 31.4. The lowest BCUT2D eigenvalue weighted by Crippen LogP contribution is -2.54. The maximum atomic E-state index is 12.9. The Labute approximate surface area is 168 Å². The third-order valence-electron chi connectivity index (χ3n) is 6.82. The molecule has 8 nitrogen and oxygen atoms in total. The van der Waals surface area contributed by atoms with Crippen LogP contribution in [-0.2, 0) is 16.1 Å². The first-order chi connectivity index (χ1) is 14.1. The molecule has 3 aliphatic heterocycles. The average Bonchev–Trinajstić information content (AvgIpc) is 3.39. The van der Waals surface area contributed by atoms with E-state index in [0.717, 1.165) is 29.2 Å². The van der Waals surface area contributed by atoms with Crippen molar-refractivity contribution in [3.63, 3.8) is 0 Å². The lowest BCUT2D eigenvalue weighted by molar-refractivity contribution is -0.156. The molecule has 0 radical (unpaired) electrons. The molecule has 4 aliphatic rings. The summed E-state index contributed by atoms with van der Waals surface area (Å²) in [7, 11) is 0. The molecule has 8 heteroatoms. The van der Waals surface area contributed by atoms with Gasteiger partial charge in [-0.1, -0.05) is 0 Å². The van der Waals surface area contributed by atoms with E-state index in [9.17, 15) is 19.5 Å². The number of likely N-dealkylation sites (tertiary alicyclic amines) is 1. The van der Waals surface area contributed by atoms with E-state index in [1.807, 2.05) is 12.1 Å². The predicted octanol–water partition coefficient (Wildman–Crippen LogP) is 0.629. The molecule has 0 spiro atoms. The molecule has 0 aromatic heterocycles. The summed E-state index contributed by atoms with van der Waals surface area (Å²) < 4.78 is 6.25. The number of fused-ring (bicyclic) bond motifs is 2. The maximum Gasteiger partial charge on any atom is 0.255 e. The highest BCUT2D eigenvalue weighted by atomic mass is 16.5. The van der Waals surface area contributed by atoms with Gasteiger partial charge in [0.05, 0.1) is 0 Å². The standard InChI is InChI=1S/C21H25N3O5/c25-11-24-18(26)6-4-16(21(24)28)23-10-13-9-14(2-3-15(13)20(23)27)29-17-5-1-12-7-8-22-19(12)17/h2-3,9,12,16-17,19,22,25H,1,4-8,10-11H2/t12-,16?,17?,19+/m1/s1. The molecule has 2 saturated heterocycles. The van der Waals surface area contributed by atoms with Crippen LogP contribution in [0.2, 0.25) is 0 Å². The predicted molar refractivity (Wildman–Crippen MR) is 102 cm³/mol. The minimum Gasteiger partial charge on any atom is -0.489 e. The van der Waals surface area contributed by atoms with Gasteiger partial charge in [-0.25, -0.2) is 0 Å². The number of ether oxygens (including phenoxy) is 1. The van der Waals surface area contributed by atoms with Crippen LogP contribution >= 0.6 is 0 Å². The monoisotopic (exact) mass is 399 g/mol. The second-order valence-electron chi connectivity index (χ2n) is 8.37. The summed E-state index contributed by atoms with van der Waals surface area (Å²) >= 11 is 0. The molecular weight excluding hydrogens is 374 g/mol. The van der Waals surface area contributed by atoms with E-state index in [-0.39, 0.29) is 24.9 Å². The highest BCUT2D eigenvalue weighted by Crippen LogP contribution is 2.36. The zero-order valence-corrected chi connectivity index (χ0v) is 16.2. The number of hydrogen-bond donors (Lipinski definition) is 2. The largest absolute Gasteiger partial charge is 0.489 e. The van der Waals surface area contributed by atoms with Crippen molar-refractivity contribution in [1.82, 2.24) is 15.1 Å². The van der Waals surface area contributed by atoms with E-state index in [2.05, 4.69) is 5.32 Å². The van der Waals surface area contributed by atoms with E-state index in [4.69, 9.17) is 4.74 Å². The Morgan fingerprint density at radius 3 is 2.83 bits per heavy atom. The summed E-state index contributed by atoms with van der Waals surface area (Å²) in [6.07, 6.45) is 4.01. The van der Waals surface area contributed by atoms with Gasteiger partial charge in [0.2, 0.25) is 5.91 Å². The molecule has 3 fully saturated rings. The number of amides is 3. The second-order valence-corrected chi connectivity index (χ2v) is 8.37. The van der Waals surface area contributed by atoms with Crippen molar-refractivity contribution in [2.24, 2.45) is 5.92 Å². The molecule has 154 valence electrons. The van der Waals surface area contributed by atoms with E-state index >= 15 is 0 Å². The van der Waals surface area contributed by atoms with Crippen molar-refractivity contribution in [2.45, 2.75) is 56.8 Å². The topological polar surface area (TPSA) is 99.2 Å². The second kappa shape index (κ2) is 7.11. The van der Waals surface area contributed by atoms with Gasteiger partial charge >= 0.3 is 0 Å². The first-order valence-electron chi connectivity index (χ1n) is 10.4.